The van der Waals surface area contributed by atoms with Gasteiger partial charge in [0.25, 0.3) is 10.0 Å². The van der Waals surface area contributed by atoms with Crippen molar-refractivity contribution in [1.82, 2.24) is 4.90 Å². The Morgan fingerprint density at radius 2 is 1.63 bits per heavy atom. The highest BCUT2D eigenvalue weighted by atomic mass is 79.9. The quantitative estimate of drug-likeness (QED) is 0.365. The van der Waals surface area contributed by atoms with Crippen molar-refractivity contribution in [3.63, 3.8) is 0 Å². The zero-order valence-corrected chi connectivity index (χ0v) is 21.8. The van der Waals surface area contributed by atoms with E-state index in [1.807, 2.05) is 0 Å². The number of piperidine rings is 1. The van der Waals surface area contributed by atoms with Gasteiger partial charge in [0.1, 0.15) is 5.82 Å². The summed E-state index contributed by atoms with van der Waals surface area (Å²) in [4.78, 5) is 14.9. The fourth-order valence-electron chi connectivity index (χ4n) is 3.95. The largest absolute Gasteiger partial charge is 0.326 e. The molecule has 0 aliphatic carbocycles. The molecule has 0 radical (unpaired) electrons. The molecule has 1 fully saturated rings. The molecular formula is C25H24BrClFN3O3S. The van der Waals surface area contributed by atoms with Gasteiger partial charge >= 0.3 is 0 Å². The Bertz CT molecular complexity index is 1280. The van der Waals surface area contributed by atoms with E-state index in [0.717, 1.165) is 4.47 Å². The molecule has 1 aliphatic heterocycles. The van der Waals surface area contributed by atoms with Gasteiger partial charge in [0.2, 0.25) is 5.91 Å². The predicted molar refractivity (Wildman–Crippen MR) is 139 cm³/mol. The lowest BCUT2D eigenvalue weighted by molar-refractivity contribution is -0.121. The van der Waals surface area contributed by atoms with Crippen molar-refractivity contribution in [3.05, 3.63) is 87.6 Å². The molecule has 6 nitrogen and oxygen atoms in total. The SMILES string of the molecule is O=C(Nc1ccc(S(=O)(=O)Nc2ccc(Br)cc2)cc1)C1CCN(Cc2c(F)cccc2Cl)CC1. The van der Waals surface area contributed by atoms with E-state index >= 15 is 0 Å². The van der Waals surface area contributed by atoms with Crippen molar-refractivity contribution in [3.8, 4) is 0 Å². The molecule has 0 spiro atoms. The Hall–Kier alpha value is -2.46. The number of nitrogens with one attached hydrogen (secondary N) is 2. The maximum Gasteiger partial charge on any atom is 0.261 e. The minimum absolute atomic E-state index is 0.0959. The molecule has 3 aromatic rings. The fraction of sp³-hybridized carbons (Fsp3) is 0.240. The first-order valence-electron chi connectivity index (χ1n) is 11.1. The summed E-state index contributed by atoms with van der Waals surface area (Å²) in [6.07, 6.45) is 1.28. The monoisotopic (exact) mass is 579 g/mol. The summed E-state index contributed by atoms with van der Waals surface area (Å²) >= 11 is 9.44. The van der Waals surface area contributed by atoms with Crippen LogP contribution >= 0.6 is 27.5 Å². The topological polar surface area (TPSA) is 78.5 Å². The normalized spacial score (nSPS) is 15.1. The van der Waals surface area contributed by atoms with Crippen LogP contribution in [0.1, 0.15) is 18.4 Å². The number of rotatable bonds is 7. The van der Waals surface area contributed by atoms with Gasteiger partial charge in [-0.05, 0) is 86.6 Å². The number of halogens is 3. The van der Waals surface area contributed by atoms with Crippen LogP contribution in [0.25, 0.3) is 0 Å². The molecule has 184 valence electrons. The molecule has 1 heterocycles. The number of sulfonamides is 1. The van der Waals surface area contributed by atoms with Crippen LogP contribution in [0, 0.1) is 11.7 Å². The molecule has 0 saturated carbocycles. The maximum atomic E-state index is 14.1. The van der Waals surface area contributed by atoms with Crippen molar-refractivity contribution in [2.24, 2.45) is 5.92 Å². The standard InChI is InChI=1S/C25H24BrClFN3O3S/c26-18-4-6-20(7-5-18)30-35(33,34)21-10-8-19(9-11-21)29-25(32)17-12-14-31(15-13-17)16-22-23(27)2-1-3-24(22)28/h1-11,17,30H,12-16H2,(H,29,32). The first-order valence-corrected chi connectivity index (χ1v) is 13.7. The van der Waals surface area contributed by atoms with E-state index in [9.17, 15) is 17.6 Å². The van der Waals surface area contributed by atoms with E-state index in [2.05, 4.69) is 30.9 Å². The minimum atomic E-state index is -3.75. The molecule has 35 heavy (non-hydrogen) atoms. The summed E-state index contributed by atoms with van der Waals surface area (Å²) in [7, 11) is -3.75. The molecule has 1 saturated heterocycles. The second-order valence-electron chi connectivity index (χ2n) is 8.38. The van der Waals surface area contributed by atoms with E-state index in [0.29, 0.717) is 54.4 Å². The summed E-state index contributed by atoms with van der Waals surface area (Å²) < 4.78 is 42.7. The van der Waals surface area contributed by atoms with Crippen LogP contribution in [0.5, 0.6) is 0 Å². The van der Waals surface area contributed by atoms with Crippen LogP contribution in [0.2, 0.25) is 5.02 Å². The third-order valence-electron chi connectivity index (χ3n) is 5.93. The van der Waals surface area contributed by atoms with Gasteiger partial charge in [-0.15, -0.1) is 0 Å². The van der Waals surface area contributed by atoms with Gasteiger partial charge < -0.3 is 5.32 Å². The minimum Gasteiger partial charge on any atom is -0.326 e. The highest BCUT2D eigenvalue weighted by Crippen LogP contribution is 2.26. The lowest BCUT2D eigenvalue weighted by Gasteiger charge is -2.31. The highest BCUT2D eigenvalue weighted by Gasteiger charge is 2.26. The van der Waals surface area contributed by atoms with Crippen molar-refractivity contribution in [2.75, 3.05) is 23.1 Å². The zero-order valence-electron chi connectivity index (χ0n) is 18.7. The number of carbonyl (C=O) groups is 1. The van der Waals surface area contributed by atoms with Crippen molar-refractivity contribution in [2.45, 2.75) is 24.3 Å². The maximum absolute atomic E-state index is 14.1. The molecule has 4 rings (SSSR count). The summed E-state index contributed by atoms with van der Waals surface area (Å²) in [6.45, 7) is 1.72. The molecule has 0 atom stereocenters. The average molecular weight is 581 g/mol. The molecule has 0 unspecified atom stereocenters. The lowest BCUT2D eigenvalue weighted by atomic mass is 9.95. The van der Waals surface area contributed by atoms with Crippen LogP contribution in [0.4, 0.5) is 15.8 Å². The molecule has 0 bridgehead atoms. The first kappa shape index (κ1) is 25.6. The van der Waals surface area contributed by atoms with Gasteiger partial charge in [-0.3, -0.25) is 14.4 Å². The smallest absolute Gasteiger partial charge is 0.261 e. The van der Waals surface area contributed by atoms with Gasteiger partial charge in [-0.1, -0.05) is 33.6 Å². The van der Waals surface area contributed by atoms with E-state index in [1.54, 1.807) is 48.5 Å². The van der Waals surface area contributed by atoms with Crippen molar-refractivity contribution in [1.29, 1.82) is 0 Å². The van der Waals surface area contributed by atoms with E-state index in [1.165, 1.54) is 18.2 Å². The number of likely N-dealkylation sites (tertiary alicyclic amines) is 1. The second-order valence-corrected chi connectivity index (χ2v) is 11.4. The van der Waals surface area contributed by atoms with Gasteiger partial charge in [-0.2, -0.15) is 0 Å². The van der Waals surface area contributed by atoms with E-state index < -0.39 is 10.0 Å². The number of carbonyl (C=O) groups excluding carboxylic acids is 1. The first-order chi connectivity index (χ1) is 16.7. The Morgan fingerprint density at radius 3 is 2.26 bits per heavy atom. The van der Waals surface area contributed by atoms with Crippen LogP contribution in [0.3, 0.4) is 0 Å². The van der Waals surface area contributed by atoms with Crippen LogP contribution < -0.4 is 10.0 Å². The summed E-state index contributed by atoms with van der Waals surface area (Å²) in [5.41, 5.74) is 1.45. The Balaban J connectivity index is 1.30. The molecule has 3 aromatic carbocycles. The van der Waals surface area contributed by atoms with Gasteiger partial charge in [0.15, 0.2) is 0 Å². The Morgan fingerprint density at radius 1 is 1.00 bits per heavy atom. The van der Waals surface area contributed by atoms with E-state index in [4.69, 9.17) is 11.6 Å². The molecule has 2 N–H and O–H groups in total. The highest BCUT2D eigenvalue weighted by molar-refractivity contribution is 9.10. The number of hydrogen-bond donors (Lipinski definition) is 2. The number of anilines is 2. The van der Waals surface area contributed by atoms with Gasteiger partial charge in [0.05, 0.1) is 4.90 Å². The molecule has 1 aliphatic rings. The van der Waals surface area contributed by atoms with Gasteiger partial charge in [-0.25, -0.2) is 12.8 Å². The predicted octanol–water partition coefficient (Wildman–Crippen LogP) is 5.89. The van der Waals surface area contributed by atoms with E-state index in [-0.39, 0.29) is 22.5 Å². The number of hydrogen-bond acceptors (Lipinski definition) is 4. The fourth-order valence-corrected chi connectivity index (χ4v) is 5.50. The molecule has 0 aromatic heterocycles. The molecular weight excluding hydrogens is 557 g/mol. The Labute approximate surface area is 217 Å². The average Bonchev–Trinajstić information content (AvgIpc) is 2.83. The number of amides is 1. The van der Waals surface area contributed by atoms with Crippen molar-refractivity contribution < 1.29 is 17.6 Å². The van der Waals surface area contributed by atoms with Crippen LogP contribution in [-0.2, 0) is 21.4 Å². The van der Waals surface area contributed by atoms with Crippen LogP contribution in [0.15, 0.2) is 76.1 Å². The second kappa shape index (κ2) is 11.1. The lowest BCUT2D eigenvalue weighted by Crippen LogP contribution is -2.38. The number of benzene rings is 3. The zero-order chi connectivity index (χ0) is 25.0. The van der Waals surface area contributed by atoms with Crippen LogP contribution in [-0.4, -0.2) is 32.3 Å². The molecule has 10 heteroatoms. The third kappa shape index (κ3) is 6.61. The third-order valence-corrected chi connectivity index (χ3v) is 8.21. The summed E-state index contributed by atoms with van der Waals surface area (Å²) in [5, 5.41) is 3.27. The summed E-state index contributed by atoms with van der Waals surface area (Å²) in [6, 6.07) is 17.5. The van der Waals surface area contributed by atoms with Crippen molar-refractivity contribution >= 4 is 54.8 Å². The Kier molecular flexibility index (Phi) is 8.11. The number of nitrogens with zero attached hydrogens (tertiary/aromatic N) is 1. The summed E-state index contributed by atoms with van der Waals surface area (Å²) in [5.74, 6) is -0.614. The van der Waals surface area contributed by atoms with Gasteiger partial charge in [0, 0.05) is 38.9 Å². The molecule has 1 amide bonds.